The normalized spacial score (nSPS) is 19.4. The summed E-state index contributed by atoms with van der Waals surface area (Å²) in [6.45, 7) is 4.88. The summed E-state index contributed by atoms with van der Waals surface area (Å²) in [5, 5.41) is 24.7. The van der Waals surface area contributed by atoms with Crippen molar-refractivity contribution in [3.05, 3.63) is 144 Å². The van der Waals surface area contributed by atoms with Crippen molar-refractivity contribution >= 4 is 47.3 Å². The first-order valence-corrected chi connectivity index (χ1v) is 32.7. The minimum Gasteiger partial charge on any atom is -0.354 e. The van der Waals surface area contributed by atoms with Gasteiger partial charge < -0.3 is 52.3 Å². The first kappa shape index (κ1) is 66.5. The van der Waals surface area contributed by atoms with E-state index in [0.29, 0.717) is 64.7 Å². The number of unbranched alkanes of at least 4 members (excludes halogenated alkanes) is 3. The van der Waals surface area contributed by atoms with Crippen molar-refractivity contribution in [2.45, 2.75) is 190 Å². The third kappa shape index (κ3) is 17.7. The SMILES string of the molecule is CN[C@@H](C)C(=O)N[C@H](C(=O)N1CCC[C@H]1C(=O)N[C@H](C(=O)NCCCCCCNC(=O)[C@@H](NC(=O)[C@@H]1CCCN1C(=O)[C@@H](NC(=O)[C@H](C)NC)C1CCCCC1)C(c1ccccc1)c1ccccc1)C(c1ccccc1)c1ccccc1)C1CCCCC1. The predicted molar refractivity (Wildman–Crippen MR) is 341 cm³/mol. The van der Waals surface area contributed by atoms with Gasteiger partial charge in [-0.05, 0) is 126 Å². The van der Waals surface area contributed by atoms with E-state index in [1.165, 1.54) is 0 Å². The molecule has 0 spiro atoms. The zero-order valence-electron chi connectivity index (χ0n) is 52.2. The molecule has 0 bridgehead atoms. The first-order valence-electron chi connectivity index (χ1n) is 32.7. The van der Waals surface area contributed by atoms with Crippen LogP contribution in [0.15, 0.2) is 121 Å². The summed E-state index contributed by atoms with van der Waals surface area (Å²) in [5.74, 6) is -3.84. The van der Waals surface area contributed by atoms with Gasteiger partial charge in [0.15, 0.2) is 0 Å². The van der Waals surface area contributed by atoms with Crippen LogP contribution in [0, 0.1) is 11.8 Å². The van der Waals surface area contributed by atoms with E-state index in [0.717, 1.165) is 99.3 Å². The topological polar surface area (TPSA) is 239 Å². The molecular weight excluding hydrogens is 1110 g/mol. The van der Waals surface area contributed by atoms with Gasteiger partial charge in [-0.1, -0.05) is 173 Å². The van der Waals surface area contributed by atoms with Crippen molar-refractivity contribution < 1.29 is 38.4 Å². The van der Waals surface area contributed by atoms with E-state index in [4.69, 9.17) is 0 Å². The number of carbonyl (C=O) groups excluding carboxylic acids is 8. The summed E-state index contributed by atoms with van der Waals surface area (Å²) < 4.78 is 0. The molecule has 0 unspecified atom stereocenters. The number of nitrogens with zero attached hydrogens (tertiary/aromatic N) is 2. The van der Waals surface area contributed by atoms with Crippen LogP contribution < -0.4 is 42.5 Å². The highest BCUT2D eigenvalue weighted by atomic mass is 16.2. The molecule has 2 aliphatic heterocycles. The Kier molecular flexibility index (Phi) is 25.5. The Labute approximate surface area is 521 Å². The van der Waals surface area contributed by atoms with Gasteiger partial charge in [0.2, 0.25) is 47.3 Å². The number of benzene rings is 4. The molecule has 8 rings (SSSR count). The lowest BCUT2D eigenvalue weighted by Crippen LogP contribution is -2.59. The van der Waals surface area contributed by atoms with Crippen molar-refractivity contribution in [2.75, 3.05) is 40.3 Å². The Hall–Kier alpha value is -7.44. The Morgan fingerprint density at radius 1 is 0.398 bits per heavy atom. The molecule has 0 radical (unpaired) electrons. The summed E-state index contributed by atoms with van der Waals surface area (Å²) in [6.07, 6.45) is 14.0. The number of rotatable bonds is 29. The lowest BCUT2D eigenvalue weighted by atomic mass is 9.83. The van der Waals surface area contributed by atoms with Crippen LogP contribution in [0.5, 0.6) is 0 Å². The van der Waals surface area contributed by atoms with Gasteiger partial charge in [0.25, 0.3) is 0 Å². The fraction of sp³-hybridized carbons (Fsp3) is 0.543. The highest BCUT2D eigenvalue weighted by Crippen LogP contribution is 2.34. The largest absolute Gasteiger partial charge is 0.354 e. The Balaban J connectivity index is 0.921. The van der Waals surface area contributed by atoms with Crippen molar-refractivity contribution in [3.8, 4) is 0 Å². The number of nitrogens with one attached hydrogen (secondary N) is 8. The molecule has 0 aromatic heterocycles. The summed E-state index contributed by atoms with van der Waals surface area (Å²) in [5.41, 5.74) is 3.36. The number of likely N-dealkylation sites (tertiary alicyclic amines) is 2. The van der Waals surface area contributed by atoms with Crippen LogP contribution in [0.2, 0.25) is 0 Å². The molecule has 88 heavy (non-hydrogen) atoms. The van der Waals surface area contributed by atoms with Crippen molar-refractivity contribution in [2.24, 2.45) is 11.8 Å². The van der Waals surface area contributed by atoms with Crippen LogP contribution in [0.25, 0.3) is 0 Å². The first-order chi connectivity index (χ1) is 42.8. The van der Waals surface area contributed by atoms with Crippen LogP contribution in [0.3, 0.4) is 0 Å². The maximum Gasteiger partial charge on any atom is 0.246 e. The van der Waals surface area contributed by atoms with E-state index < -0.39 is 72.0 Å². The summed E-state index contributed by atoms with van der Waals surface area (Å²) in [7, 11) is 3.41. The standard InChI is InChI=1S/C70H96N10O8/c1-47(71-3)63(81)75-59(53-37-21-11-22-38-53)69(87)79-45-27-41-55(79)65(83)77-61(57(49-29-13-7-14-30-49)50-31-15-8-16-32-50)67(85)73-43-25-5-6-26-44-74-68(86)62(58(51-33-17-9-18-34-51)52-35-19-10-20-36-52)78-66(84)56-42-28-46-80(56)70(88)60(54-39-23-12-24-40-54)76-64(82)48(2)72-4/h7-10,13-20,29-36,47-48,53-62,71-72H,5-6,11-12,21-28,37-46H2,1-4H3,(H,73,85)(H,74,86)(H,75,81)(H,76,82)(H,77,83)(H,78,84)/t47-,48-,55-,56-,59-,60-,61-,62-/m0/s1. The minimum atomic E-state index is -1.05. The second kappa shape index (κ2) is 33.8. The van der Waals surface area contributed by atoms with Gasteiger partial charge in [-0.2, -0.15) is 0 Å². The molecule has 2 saturated carbocycles. The highest BCUT2D eigenvalue weighted by molar-refractivity contribution is 5.97. The van der Waals surface area contributed by atoms with Crippen LogP contribution in [-0.4, -0.2) is 146 Å². The number of likely N-dealkylation sites (N-methyl/N-ethyl adjacent to an activating group) is 2. The zero-order valence-corrected chi connectivity index (χ0v) is 52.2. The summed E-state index contributed by atoms with van der Waals surface area (Å²) in [4.78, 5) is 118. The van der Waals surface area contributed by atoms with E-state index in [2.05, 4.69) is 42.5 Å². The number of carbonyl (C=O) groups is 8. The monoisotopic (exact) mass is 1200 g/mol. The van der Waals surface area contributed by atoms with Gasteiger partial charge in [0.1, 0.15) is 36.3 Å². The molecule has 2 saturated heterocycles. The van der Waals surface area contributed by atoms with Gasteiger partial charge in [-0.15, -0.1) is 0 Å². The van der Waals surface area contributed by atoms with Gasteiger partial charge in [-0.3, -0.25) is 38.4 Å². The molecule has 8 atom stereocenters. The molecule has 2 aliphatic carbocycles. The molecule has 4 aromatic rings. The van der Waals surface area contributed by atoms with E-state index in [1.54, 1.807) is 37.7 Å². The van der Waals surface area contributed by atoms with Crippen molar-refractivity contribution in [3.63, 3.8) is 0 Å². The van der Waals surface area contributed by atoms with Crippen molar-refractivity contribution in [1.29, 1.82) is 0 Å². The molecule has 8 N–H and O–H groups in total. The fourth-order valence-corrected chi connectivity index (χ4v) is 13.6. The third-order valence-corrected chi connectivity index (χ3v) is 18.9. The Bertz CT molecular complexity index is 2620. The zero-order chi connectivity index (χ0) is 62.4. The van der Waals surface area contributed by atoms with E-state index in [-0.39, 0.29) is 47.3 Å². The van der Waals surface area contributed by atoms with Crippen LogP contribution in [0.4, 0.5) is 0 Å². The summed E-state index contributed by atoms with van der Waals surface area (Å²) >= 11 is 0. The lowest BCUT2D eigenvalue weighted by Gasteiger charge is -2.36. The van der Waals surface area contributed by atoms with Crippen LogP contribution >= 0.6 is 0 Å². The van der Waals surface area contributed by atoms with E-state index >= 15 is 0 Å². The predicted octanol–water partition coefficient (Wildman–Crippen LogP) is 6.74. The molecule has 2 heterocycles. The van der Waals surface area contributed by atoms with Gasteiger partial charge in [-0.25, -0.2) is 0 Å². The maximum atomic E-state index is 14.8. The highest BCUT2D eigenvalue weighted by Gasteiger charge is 2.45. The van der Waals surface area contributed by atoms with E-state index in [9.17, 15) is 38.4 Å². The van der Waals surface area contributed by atoms with Crippen molar-refractivity contribution in [1.82, 2.24) is 52.3 Å². The van der Waals surface area contributed by atoms with Crippen LogP contribution in [0.1, 0.15) is 164 Å². The Morgan fingerprint density at radius 3 is 1.02 bits per heavy atom. The second-order valence-electron chi connectivity index (χ2n) is 24.7. The van der Waals surface area contributed by atoms with Gasteiger partial charge >= 0.3 is 0 Å². The minimum absolute atomic E-state index is 0.0457. The average Bonchev–Trinajstić information content (AvgIpc) is 4.40. The lowest BCUT2D eigenvalue weighted by molar-refractivity contribution is -0.143. The Morgan fingerprint density at radius 2 is 0.716 bits per heavy atom. The fourth-order valence-electron chi connectivity index (χ4n) is 13.6. The average molecular weight is 1210 g/mol. The third-order valence-electron chi connectivity index (χ3n) is 18.9. The molecule has 4 aromatic carbocycles. The molecule has 4 fully saturated rings. The molecule has 18 heteroatoms. The number of amides is 8. The quantitative estimate of drug-likeness (QED) is 0.0267. The number of hydrogen-bond acceptors (Lipinski definition) is 10. The molecule has 4 aliphatic rings. The van der Waals surface area contributed by atoms with Gasteiger partial charge in [0.05, 0.1) is 12.1 Å². The van der Waals surface area contributed by atoms with Crippen LogP contribution in [-0.2, 0) is 38.4 Å². The molecule has 8 amide bonds. The second-order valence-corrected chi connectivity index (χ2v) is 24.7. The number of hydrogen-bond donors (Lipinski definition) is 8. The molecule has 18 nitrogen and oxygen atoms in total. The summed E-state index contributed by atoms with van der Waals surface area (Å²) in [6, 6.07) is 32.3. The van der Waals surface area contributed by atoms with Gasteiger partial charge in [0, 0.05) is 38.0 Å². The van der Waals surface area contributed by atoms with E-state index in [1.807, 2.05) is 121 Å². The molecular formula is C70H96N10O8. The smallest absolute Gasteiger partial charge is 0.246 e. The maximum absolute atomic E-state index is 14.8. The molecule has 474 valence electrons.